The molecule has 0 unspecified atom stereocenters. The molecule has 0 radical (unpaired) electrons. The molecule has 0 aliphatic heterocycles. The van der Waals surface area contributed by atoms with Crippen molar-refractivity contribution >= 4 is 17.3 Å². The zero-order valence-corrected chi connectivity index (χ0v) is 12.0. The first-order valence-electron chi connectivity index (χ1n) is 6.69. The number of benzene rings is 1. The number of aromatic nitrogens is 1. The van der Waals surface area contributed by atoms with Gasteiger partial charge < -0.3 is 10.6 Å². The van der Waals surface area contributed by atoms with Gasteiger partial charge in [-0.3, -0.25) is 9.78 Å². The number of pyridine rings is 1. The molecule has 1 aromatic heterocycles. The van der Waals surface area contributed by atoms with Gasteiger partial charge in [0.15, 0.2) is 0 Å². The molecule has 2 N–H and O–H groups in total. The Balaban J connectivity index is 2.25. The fraction of sp³-hybridized carbons (Fsp3) is 0.125. The molecule has 0 spiro atoms. The number of para-hydroxylation sites is 1. The number of rotatable bonds is 5. The molecule has 0 atom stereocenters. The van der Waals surface area contributed by atoms with Gasteiger partial charge >= 0.3 is 6.18 Å². The van der Waals surface area contributed by atoms with Gasteiger partial charge in [0.1, 0.15) is 0 Å². The van der Waals surface area contributed by atoms with E-state index >= 15 is 0 Å². The second-order valence-corrected chi connectivity index (χ2v) is 4.63. The summed E-state index contributed by atoms with van der Waals surface area (Å²) in [6, 6.07) is 6.53. The number of amides is 1. The summed E-state index contributed by atoms with van der Waals surface area (Å²) in [7, 11) is 0. The maximum absolute atomic E-state index is 13.0. The third-order valence-electron chi connectivity index (χ3n) is 2.92. The number of alkyl halides is 3. The van der Waals surface area contributed by atoms with Crippen molar-refractivity contribution in [1.82, 2.24) is 10.3 Å². The van der Waals surface area contributed by atoms with Crippen LogP contribution in [0.2, 0.25) is 0 Å². The summed E-state index contributed by atoms with van der Waals surface area (Å²) in [6.45, 7) is 3.77. The van der Waals surface area contributed by atoms with Crippen LogP contribution in [0.15, 0.2) is 55.4 Å². The standard InChI is InChI=1S/C16H14F3N3O/c1-2-7-21-15(23)11-8-12(10-20-9-11)22-14-6-4-3-5-13(14)16(17,18)19/h2-6,8-10,22H,1,7H2,(H,21,23). The Hall–Kier alpha value is -2.83. The summed E-state index contributed by atoms with van der Waals surface area (Å²) in [5.74, 6) is -0.384. The smallest absolute Gasteiger partial charge is 0.354 e. The quantitative estimate of drug-likeness (QED) is 0.825. The van der Waals surface area contributed by atoms with Crippen LogP contribution < -0.4 is 10.6 Å². The van der Waals surface area contributed by atoms with Gasteiger partial charge in [-0.15, -0.1) is 6.58 Å². The fourth-order valence-corrected chi connectivity index (χ4v) is 1.89. The van der Waals surface area contributed by atoms with Crippen LogP contribution in [0.3, 0.4) is 0 Å². The summed E-state index contributed by atoms with van der Waals surface area (Å²) in [6.07, 6.45) is -0.278. The molecule has 0 aliphatic carbocycles. The minimum Gasteiger partial charge on any atom is -0.354 e. The Morgan fingerprint density at radius 1 is 1.26 bits per heavy atom. The largest absolute Gasteiger partial charge is 0.418 e. The van der Waals surface area contributed by atoms with Crippen LogP contribution in [0, 0.1) is 0 Å². The van der Waals surface area contributed by atoms with Gasteiger partial charge in [-0.1, -0.05) is 18.2 Å². The van der Waals surface area contributed by atoms with Crippen LogP contribution in [-0.2, 0) is 6.18 Å². The van der Waals surface area contributed by atoms with E-state index in [4.69, 9.17) is 0 Å². The van der Waals surface area contributed by atoms with Crippen molar-refractivity contribution in [1.29, 1.82) is 0 Å². The van der Waals surface area contributed by atoms with Crippen LogP contribution >= 0.6 is 0 Å². The van der Waals surface area contributed by atoms with Crippen molar-refractivity contribution in [2.75, 3.05) is 11.9 Å². The summed E-state index contributed by atoms with van der Waals surface area (Å²) in [4.78, 5) is 15.7. The predicted octanol–water partition coefficient (Wildman–Crippen LogP) is 3.76. The Bertz CT molecular complexity index is 714. The second kappa shape index (κ2) is 6.95. The Morgan fingerprint density at radius 3 is 2.70 bits per heavy atom. The molecular weight excluding hydrogens is 307 g/mol. The highest BCUT2D eigenvalue weighted by molar-refractivity contribution is 5.95. The van der Waals surface area contributed by atoms with Gasteiger partial charge in [-0.25, -0.2) is 0 Å². The zero-order chi connectivity index (χ0) is 16.9. The first kappa shape index (κ1) is 16.5. The van der Waals surface area contributed by atoms with E-state index in [2.05, 4.69) is 22.2 Å². The van der Waals surface area contributed by atoms with Crippen molar-refractivity contribution in [2.24, 2.45) is 0 Å². The molecule has 0 saturated carbocycles. The number of hydrogen-bond donors (Lipinski definition) is 2. The Kier molecular flexibility index (Phi) is 5.00. The lowest BCUT2D eigenvalue weighted by Crippen LogP contribution is -2.23. The monoisotopic (exact) mass is 321 g/mol. The molecule has 7 heteroatoms. The van der Waals surface area contributed by atoms with Crippen LogP contribution in [-0.4, -0.2) is 17.4 Å². The highest BCUT2D eigenvalue weighted by Crippen LogP contribution is 2.35. The number of anilines is 2. The third-order valence-corrected chi connectivity index (χ3v) is 2.92. The van der Waals surface area contributed by atoms with Gasteiger partial charge in [-0.05, 0) is 18.2 Å². The topological polar surface area (TPSA) is 54.0 Å². The average molecular weight is 321 g/mol. The summed E-state index contributed by atoms with van der Waals surface area (Å²) in [5, 5.41) is 5.22. The van der Waals surface area contributed by atoms with Crippen molar-refractivity contribution in [2.45, 2.75) is 6.18 Å². The number of carbonyl (C=O) groups is 1. The maximum Gasteiger partial charge on any atom is 0.418 e. The molecule has 1 heterocycles. The molecule has 23 heavy (non-hydrogen) atoms. The maximum atomic E-state index is 13.0. The molecule has 0 aliphatic rings. The van der Waals surface area contributed by atoms with E-state index in [0.29, 0.717) is 0 Å². The van der Waals surface area contributed by atoms with E-state index in [0.717, 1.165) is 6.07 Å². The van der Waals surface area contributed by atoms with Gasteiger partial charge in [-0.2, -0.15) is 13.2 Å². The fourth-order valence-electron chi connectivity index (χ4n) is 1.89. The van der Waals surface area contributed by atoms with Crippen molar-refractivity contribution in [3.05, 3.63) is 66.5 Å². The minimum absolute atomic E-state index is 0.106. The Labute approximate surface area is 131 Å². The minimum atomic E-state index is -4.48. The van der Waals surface area contributed by atoms with Crippen molar-refractivity contribution < 1.29 is 18.0 Å². The van der Waals surface area contributed by atoms with E-state index in [1.165, 1.54) is 42.7 Å². The number of hydrogen-bond acceptors (Lipinski definition) is 3. The summed E-state index contributed by atoms with van der Waals surface area (Å²) >= 11 is 0. The predicted molar refractivity (Wildman–Crippen MR) is 81.5 cm³/mol. The van der Waals surface area contributed by atoms with Gasteiger partial charge in [0.05, 0.1) is 28.7 Å². The molecule has 120 valence electrons. The average Bonchev–Trinajstić information content (AvgIpc) is 2.52. The molecule has 0 fully saturated rings. The van der Waals surface area contributed by atoms with Crippen LogP contribution in [0.1, 0.15) is 15.9 Å². The molecule has 2 rings (SSSR count). The second-order valence-electron chi connectivity index (χ2n) is 4.63. The first-order valence-corrected chi connectivity index (χ1v) is 6.69. The van der Waals surface area contributed by atoms with E-state index in [1.54, 1.807) is 0 Å². The SMILES string of the molecule is C=CCNC(=O)c1cncc(Nc2ccccc2C(F)(F)F)c1. The molecule has 2 aromatic rings. The van der Waals surface area contributed by atoms with E-state index in [9.17, 15) is 18.0 Å². The van der Waals surface area contributed by atoms with Crippen LogP contribution in [0.4, 0.5) is 24.5 Å². The van der Waals surface area contributed by atoms with E-state index in [-0.39, 0.29) is 29.4 Å². The molecule has 1 aromatic carbocycles. The molecule has 0 saturated heterocycles. The number of halogens is 3. The number of nitrogens with one attached hydrogen (secondary N) is 2. The summed E-state index contributed by atoms with van der Waals surface area (Å²) in [5.41, 5.74) is -0.374. The van der Waals surface area contributed by atoms with Crippen molar-refractivity contribution in [3.63, 3.8) is 0 Å². The first-order chi connectivity index (χ1) is 10.9. The Morgan fingerprint density at radius 2 is 2.00 bits per heavy atom. The zero-order valence-electron chi connectivity index (χ0n) is 12.0. The molecular formula is C16H14F3N3O. The lowest BCUT2D eigenvalue weighted by molar-refractivity contribution is -0.136. The van der Waals surface area contributed by atoms with Gasteiger partial charge in [0.2, 0.25) is 0 Å². The van der Waals surface area contributed by atoms with Crippen LogP contribution in [0.5, 0.6) is 0 Å². The molecule has 0 bridgehead atoms. The van der Waals surface area contributed by atoms with Crippen LogP contribution in [0.25, 0.3) is 0 Å². The third kappa shape index (κ3) is 4.32. The summed E-state index contributed by atoms with van der Waals surface area (Å²) < 4.78 is 38.9. The number of carbonyl (C=O) groups excluding carboxylic acids is 1. The van der Waals surface area contributed by atoms with Gasteiger partial charge in [0, 0.05) is 12.7 Å². The highest BCUT2D eigenvalue weighted by atomic mass is 19.4. The van der Waals surface area contributed by atoms with Gasteiger partial charge in [0.25, 0.3) is 5.91 Å². The van der Waals surface area contributed by atoms with E-state index < -0.39 is 11.7 Å². The van der Waals surface area contributed by atoms with E-state index in [1.807, 2.05) is 0 Å². The lowest BCUT2D eigenvalue weighted by atomic mass is 10.1. The molecule has 1 amide bonds. The molecule has 4 nitrogen and oxygen atoms in total. The normalized spacial score (nSPS) is 10.9. The van der Waals surface area contributed by atoms with Crippen molar-refractivity contribution in [3.8, 4) is 0 Å². The number of nitrogens with zero attached hydrogens (tertiary/aromatic N) is 1. The highest BCUT2D eigenvalue weighted by Gasteiger charge is 2.33. The lowest BCUT2D eigenvalue weighted by Gasteiger charge is -2.14.